The Bertz CT molecular complexity index is 610. The molecule has 0 N–H and O–H groups in total. The normalized spacial score (nSPS) is 19.6. The zero-order valence-corrected chi connectivity index (χ0v) is 17.2. The number of halogens is 1. The molecule has 0 aliphatic carbocycles. The van der Waals surface area contributed by atoms with Crippen LogP contribution < -0.4 is 0 Å². The summed E-state index contributed by atoms with van der Waals surface area (Å²) in [6, 6.07) is 7.00. The molecule has 0 saturated carbocycles. The average Bonchev–Trinajstić information content (AvgIpc) is 3.08. The number of esters is 1. The summed E-state index contributed by atoms with van der Waals surface area (Å²) in [5.41, 5.74) is 0.881. The van der Waals surface area contributed by atoms with Crippen molar-refractivity contribution < 1.29 is 14.3 Å². The Kier molecular flexibility index (Phi) is 8.79. The van der Waals surface area contributed by atoms with E-state index in [0.717, 1.165) is 37.7 Å². The summed E-state index contributed by atoms with van der Waals surface area (Å²) in [6.07, 6.45) is 5.36. The number of rotatable bonds is 9. The number of unbranched alkanes of at least 4 members (excludes halogenated alkanes) is 3. The summed E-state index contributed by atoms with van der Waals surface area (Å²) in [5, 5.41) is 0.387. The van der Waals surface area contributed by atoms with Gasteiger partial charge in [-0.25, -0.2) is 4.79 Å². The molecule has 2 atom stereocenters. The number of carbonyl (C=O) groups is 2. The number of thioether (sulfide) groups is 1. The lowest BCUT2D eigenvalue weighted by Gasteiger charge is -2.29. The van der Waals surface area contributed by atoms with Gasteiger partial charge in [-0.1, -0.05) is 62.9 Å². The van der Waals surface area contributed by atoms with Crippen LogP contribution in [0.3, 0.4) is 0 Å². The monoisotopic (exact) mass is 397 g/mol. The molecule has 1 aromatic rings. The van der Waals surface area contributed by atoms with Gasteiger partial charge in [0.2, 0.25) is 5.91 Å². The third kappa shape index (κ3) is 5.40. The molecule has 1 saturated heterocycles. The standard InChI is InChI=1S/C20H28ClNO3S/c1-3-5-6-7-12-18(23)22-17(20(24)25-13-4-2)14-26-19(22)15-10-8-9-11-16(15)21/h8-11,17,19H,3-7,12-14H2,1-2H3. The molecule has 1 aromatic carbocycles. The van der Waals surface area contributed by atoms with E-state index in [-0.39, 0.29) is 17.3 Å². The van der Waals surface area contributed by atoms with Gasteiger partial charge in [-0.05, 0) is 18.9 Å². The molecule has 2 rings (SSSR count). The van der Waals surface area contributed by atoms with Crippen LogP contribution in [0.25, 0.3) is 0 Å². The van der Waals surface area contributed by atoms with E-state index in [1.165, 1.54) is 0 Å². The molecule has 0 aromatic heterocycles. The van der Waals surface area contributed by atoms with E-state index in [1.54, 1.807) is 16.7 Å². The quantitative estimate of drug-likeness (QED) is 0.424. The van der Waals surface area contributed by atoms with Crippen molar-refractivity contribution in [2.45, 2.75) is 63.8 Å². The molecule has 144 valence electrons. The predicted molar refractivity (Wildman–Crippen MR) is 107 cm³/mol. The average molecular weight is 398 g/mol. The van der Waals surface area contributed by atoms with E-state index in [9.17, 15) is 9.59 Å². The largest absolute Gasteiger partial charge is 0.464 e. The zero-order valence-electron chi connectivity index (χ0n) is 15.6. The van der Waals surface area contributed by atoms with E-state index in [2.05, 4.69) is 6.92 Å². The van der Waals surface area contributed by atoms with Crippen molar-refractivity contribution in [3.63, 3.8) is 0 Å². The molecule has 2 unspecified atom stereocenters. The molecule has 1 aliphatic heterocycles. The minimum atomic E-state index is -0.536. The van der Waals surface area contributed by atoms with Crippen LogP contribution in [0.2, 0.25) is 5.02 Å². The SMILES string of the molecule is CCCCCCC(=O)N1C(C(=O)OCCC)CSC1c1ccccc1Cl. The van der Waals surface area contributed by atoms with Gasteiger partial charge in [-0.3, -0.25) is 4.79 Å². The summed E-state index contributed by atoms with van der Waals surface area (Å²) in [6.45, 7) is 4.49. The fraction of sp³-hybridized carbons (Fsp3) is 0.600. The Morgan fingerprint density at radius 3 is 2.65 bits per heavy atom. The van der Waals surface area contributed by atoms with Gasteiger partial charge < -0.3 is 9.64 Å². The summed E-state index contributed by atoms with van der Waals surface area (Å²) < 4.78 is 5.33. The molecule has 0 radical (unpaired) electrons. The highest BCUT2D eigenvalue weighted by Gasteiger charge is 2.43. The van der Waals surface area contributed by atoms with Gasteiger partial charge in [-0.2, -0.15) is 0 Å². The van der Waals surface area contributed by atoms with Crippen molar-refractivity contribution in [2.75, 3.05) is 12.4 Å². The fourth-order valence-corrected chi connectivity index (χ4v) is 4.81. The lowest BCUT2D eigenvalue weighted by atomic mass is 10.1. The van der Waals surface area contributed by atoms with Crippen LogP contribution in [-0.2, 0) is 14.3 Å². The summed E-state index contributed by atoms with van der Waals surface area (Å²) in [4.78, 5) is 27.2. The number of carbonyl (C=O) groups excluding carboxylic acids is 2. The molecule has 1 aliphatic rings. The van der Waals surface area contributed by atoms with E-state index >= 15 is 0 Å². The lowest BCUT2D eigenvalue weighted by molar-refractivity contribution is -0.154. The second kappa shape index (κ2) is 10.8. The van der Waals surface area contributed by atoms with E-state index < -0.39 is 6.04 Å². The molecular weight excluding hydrogens is 370 g/mol. The Balaban J connectivity index is 2.17. The molecule has 6 heteroatoms. The second-order valence-electron chi connectivity index (χ2n) is 6.50. The minimum Gasteiger partial charge on any atom is -0.464 e. The first-order valence-corrected chi connectivity index (χ1v) is 10.9. The molecule has 4 nitrogen and oxygen atoms in total. The van der Waals surface area contributed by atoms with Gasteiger partial charge in [0.15, 0.2) is 0 Å². The van der Waals surface area contributed by atoms with Crippen LogP contribution in [0.1, 0.15) is 63.3 Å². The van der Waals surface area contributed by atoms with Gasteiger partial charge in [-0.15, -0.1) is 11.8 Å². The minimum absolute atomic E-state index is 0.00877. The third-order valence-corrected chi connectivity index (χ3v) is 6.07. The first kappa shape index (κ1) is 21.1. The van der Waals surface area contributed by atoms with Crippen molar-refractivity contribution in [2.24, 2.45) is 0 Å². The topological polar surface area (TPSA) is 46.6 Å². The van der Waals surface area contributed by atoms with Crippen LogP contribution in [0.5, 0.6) is 0 Å². The number of amides is 1. The van der Waals surface area contributed by atoms with Crippen molar-refractivity contribution in [1.29, 1.82) is 0 Å². The zero-order chi connectivity index (χ0) is 18.9. The highest BCUT2D eigenvalue weighted by Crippen LogP contribution is 2.44. The molecule has 26 heavy (non-hydrogen) atoms. The maximum atomic E-state index is 13.0. The van der Waals surface area contributed by atoms with Crippen LogP contribution in [0, 0.1) is 0 Å². The third-order valence-electron chi connectivity index (χ3n) is 4.42. The van der Waals surface area contributed by atoms with Crippen molar-refractivity contribution >= 4 is 35.2 Å². The molecule has 1 fully saturated rings. The van der Waals surface area contributed by atoms with Gasteiger partial charge in [0.05, 0.1) is 6.61 Å². The Morgan fingerprint density at radius 1 is 1.19 bits per heavy atom. The van der Waals surface area contributed by atoms with E-state index in [1.807, 2.05) is 31.2 Å². The van der Waals surface area contributed by atoms with Crippen molar-refractivity contribution in [3.05, 3.63) is 34.9 Å². The van der Waals surface area contributed by atoms with E-state index in [0.29, 0.717) is 23.8 Å². The number of ether oxygens (including phenoxy) is 1. The van der Waals surface area contributed by atoms with Crippen molar-refractivity contribution in [3.8, 4) is 0 Å². The summed E-state index contributed by atoms with van der Waals surface area (Å²) in [7, 11) is 0. The number of hydrogen-bond acceptors (Lipinski definition) is 4. The molecule has 1 heterocycles. The number of hydrogen-bond donors (Lipinski definition) is 0. The summed E-state index contributed by atoms with van der Waals surface area (Å²) in [5.74, 6) is 0.240. The fourth-order valence-electron chi connectivity index (χ4n) is 3.04. The smallest absolute Gasteiger partial charge is 0.329 e. The van der Waals surface area contributed by atoms with Crippen molar-refractivity contribution in [1.82, 2.24) is 4.90 Å². The van der Waals surface area contributed by atoms with Gasteiger partial charge in [0, 0.05) is 22.8 Å². The highest BCUT2D eigenvalue weighted by atomic mass is 35.5. The van der Waals surface area contributed by atoms with Crippen LogP contribution in [0.4, 0.5) is 0 Å². The molecular formula is C20H28ClNO3S. The van der Waals surface area contributed by atoms with Crippen LogP contribution in [0.15, 0.2) is 24.3 Å². The first-order valence-electron chi connectivity index (χ1n) is 9.44. The molecule has 0 bridgehead atoms. The Morgan fingerprint density at radius 2 is 1.96 bits per heavy atom. The highest BCUT2D eigenvalue weighted by molar-refractivity contribution is 7.99. The van der Waals surface area contributed by atoms with Gasteiger partial charge >= 0.3 is 5.97 Å². The number of benzene rings is 1. The van der Waals surface area contributed by atoms with Gasteiger partial charge in [0.25, 0.3) is 0 Å². The summed E-state index contributed by atoms with van der Waals surface area (Å²) >= 11 is 7.94. The van der Waals surface area contributed by atoms with E-state index in [4.69, 9.17) is 16.3 Å². The molecule has 0 spiro atoms. The maximum absolute atomic E-state index is 13.0. The molecule has 1 amide bonds. The second-order valence-corrected chi connectivity index (χ2v) is 8.02. The Hall–Kier alpha value is -1.20. The number of nitrogens with zero attached hydrogens (tertiary/aromatic N) is 1. The van der Waals surface area contributed by atoms with Gasteiger partial charge in [0.1, 0.15) is 11.4 Å². The lowest BCUT2D eigenvalue weighted by Crippen LogP contribution is -2.43. The maximum Gasteiger partial charge on any atom is 0.329 e. The first-order chi connectivity index (χ1) is 12.6. The predicted octanol–water partition coefficient (Wildman–Crippen LogP) is 5.21. The van der Waals surface area contributed by atoms with Crippen LogP contribution in [-0.4, -0.2) is 35.2 Å². The Labute approximate surface area is 165 Å². The van der Waals surface area contributed by atoms with Crippen LogP contribution >= 0.6 is 23.4 Å².